The number of carbonyl (C=O) groups excluding carboxylic acids is 1. The highest BCUT2D eigenvalue weighted by molar-refractivity contribution is 14.1. The van der Waals surface area contributed by atoms with Gasteiger partial charge in [-0.05, 0) is 78.9 Å². The summed E-state index contributed by atoms with van der Waals surface area (Å²) in [4.78, 5) is 12.1. The smallest absolute Gasteiger partial charge is 0.265 e. The molecule has 0 spiro atoms. The van der Waals surface area contributed by atoms with Crippen LogP contribution < -0.4 is 14.8 Å². The highest BCUT2D eigenvalue weighted by Crippen LogP contribution is 2.18. The zero-order chi connectivity index (χ0) is 15.9. The number of ether oxygens (including phenoxy) is 2. The number of carbonyl (C=O) groups is 1. The maximum Gasteiger partial charge on any atom is 0.265 e. The summed E-state index contributed by atoms with van der Waals surface area (Å²) in [5.74, 6) is 1.27. The van der Waals surface area contributed by atoms with Crippen LogP contribution in [0.1, 0.15) is 13.8 Å². The van der Waals surface area contributed by atoms with E-state index in [0.717, 1.165) is 9.32 Å². The van der Waals surface area contributed by atoms with Gasteiger partial charge in [0, 0.05) is 9.26 Å². The van der Waals surface area contributed by atoms with Crippen molar-refractivity contribution in [3.63, 3.8) is 0 Å². The van der Waals surface area contributed by atoms with Crippen LogP contribution in [0.2, 0.25) is 0 Å². The molecule has 116 valence electrons. The molecule has 0 heterocycles. The van der Waals surface area contributed by atoms with E-state index in [1.807, 2.05) is 43.3 Å². The molecule has 0 bridgehead atoms. The fraction of sp³-hybridized carbons (Fsp3) is 0.235. The predicted molar refractivity (Wildman–Crippen MR) is 95.5 cm³/mol. The number of benzene rings is 2. The maximum absolute atomic E-state index is 12.1. The summed E-state index contributed by atoms with van der Waals surface area (Å²) >= 11 is 2.21. The van der Waals surface area contributed by atoms with Gasteiger partial charge in [-0.1, -0.05) is 6.07 Å². The first-order chi connectivity index (χ1) is 10.6. The van der Waals surface area contributed by atoms with Gasteiger partial charge in [0.25, 0.3) is 5.91 Å². The molecule has 0 aliphatic heterocycles. The van der Waals surface area contributed by atoms with Crippen LogP contribution in [0.5, 0.6) is 11.5 Å². The molecule has 0 aromatic heterocycles. The van der Waals surface area contributed by atoms with E-state index < -0.39 is 6.10 Å². The van der Waals surface area contributed by atoms with Gasteiger partial charge in [-0.3, -0.25) is 4.79 Å². The fourth-order valence-corrected chi connectivity index (χ4v) is 2.36. The quantitative estimate of drug-likeness (QED) is 0.729. The van der Waals surface area contributed by atoms with E-state index in [4.69, 9.17) is 9.47 Å². The highest BCUT2D eigenvalue weighted by Gasteiger charge is 2.15. The Hall–Kier alpha value is -1.76. The standard InChI is InChI=1S/C17H18INO3/c1-3-21-15-9-7-14(8-10-15)19-17(20)12(2)22-16-6-4-5-13(18)11-16/h4-12H,3H2,1-2H3,(H,19,20). The van der Waals surface area contributed by atoms with Crippen molar-refractivity contribution >= 4 is 34.2 Å². The average Bonchev–Trinajstić information content (AvgIpc) is 2.49. The van der Waals surface area contributed by atoms with E-state index in [2.05, 4.69) is 27.9 Å². The van der Waals surface area contributed by atoms with Crippen LogP contribution in [0.15, 0.2) is 48.5 Å². The molecular weight excluding hydrogens is 393 g/mol. The summed E-state index contributed by atoms with van der Waals surface area (Å²) in [6.45, 7) is 4.27. The second-order valence-electron chi connectivity index (χ2n) is 4.66. The Morgan fingerprint density at radius 2 is 1.91 bits per heavy atom. The summed E-state index contributed by atoms with van der Waals surface area (Å²) in [5.41, 5.74) is 0.714. The number of halogens is 1. The third-order valence-corrected chi connectivity index (χ3v) is 3.58. The molecule has 22 heavy (non-hydrogen) atoms. The van der Waals surface area contributed by atoms with E-state index in [9.17, 15) is 4.79 Å². The molecule has 0 saturated heterocycles. The number of anilines is 1. The van der Waals surface area contributed by atoms with Gasteiger partial charge in [-0.2, -0.15) is 0 Å². The maximum atomic E-state index is 12.1. The zero-order valence-corrected chi connectivity index (χ0v) is 14.7. The minimum Gasteiger partial charge on any atom is -0.494 e. The number of amides is 1. The Labute approximate surface area is 144 Å². The fourth-order valence-electron chi connectivity index (χ4n) is 1.84. The van der Waals surface area contributed by atoms with Gasteiger partial charge in [-0.25, -0.2) is 0 Å². The van der Waals surface area contributed by atoms with Gasteiger partial charge in [0.2, 0.25) is 0 Å². The van der Waals surface area contributed by atoms with Crippen LogP contribution >= 0.6 is 22.6 Å². The number of hydrogen-bond acceptors (Lipinski definition) is 3. The second-order valence-corrected chi connectivity index (χ2v) is 5.91. The van der Waals surface area contributed by atoms with Gasteiger partial charge in [0.1, 0.15) is 11.5 Å². The lowest BCUT2D eigenvalue weighted by Crippen LogP contribution is -2.30. The van der Waals surface area contributed by atoms with Gasteiger partial charge in [0.15, 0.2) is 6.10 Å². The highest BCUT2D eigenvalue weighted by atomic mass is 127. The molecule has 0 saturated carbocycles. The summed E-state index contributed by atoms with van der Waals surface area (Å²) < 4.78 is 12.1. The molecule has 0 aliphatic carbocycles. The van der Waals surface area contributed by atoms with Crippen LogP contribution in [0.25, 0.3) is 0 Å². The lowest BCUT2D eigenvalue weighted by molar-refractivity contribution is -0.122. The van der Waals surface area contributed by atoms with Crippen molar-refractivity contribution < 1.29 is 14.3 Å². The second kappa shape index (κ2) is 8.03. The Balaban J connectivity index is 1.93. The van der Waals surface area contributed by atoms with Crippen LogP contribution in [-0.4, -0.2) is 18.6 Å². The molecule has 1 amide bonds. The van der Waals surface area contributed by atoms with E-state index in [1.165, 1.54) is 0 Å². The minimum atomic E-state index is -0.579. The molecule has 4 nitrogen and oxygen atoms in total. The van der Waals surface area contributed by atoms with Crippen LogP contribution in [0.3, 0.4) is 0 Å². The van der Waals surface area contributed by atoms with Gasteiger partial charge < -0.3 is 14.8 Å². The molecule has 2 aromatic carbocycles. The summed E-state index contributed by atoms with van der Waals surface area (Å²) in [6.07, 6.45) is -0.579. The SMILES string of the molecule is CCOc1ccc(NC(=O)C(C)Oc2cccc(I)c2)cc1. The van der Waals surface area contributed by atoms with Crippen molar-refractivity contribution in [2.45, 2.75) is 20.0 Å². The van der Waals surface area contributed by atoms with Crippen molar-refractivity contribution in [1.82, 2.24) is 0 Å². The third kappa shape index (κ3) is 4.91. The van der Waals surface area contributed by atoms with Crippen LogP contribution in [0, 0.1) is 3.57 Å². The third-order valence-electron chi connectivity index (χ3n) is 2.91. The number of hydrogen-bond donors (Lipinski definition) is 1. The largest absolute Gasteiger partial charge is 0.494 e. The van der Waals surface area contributed by atoms with E-state index in [-0.39, 0.29) is 5.91 Å². The van der Waals surface area contributed by atoms with Gasteiger partial charge in [0.05, 0.1) is 6.61 Å². The van der Waals surface area contributed by atoms with E-state index in [0.29, 0.717) is 18.0 Å². The van der Waals surface area contributed by atoms with Crippen molar-refractivity contribution in [2.24, 2.45) is 0 Å². The average molecular weight is 411 g/mol. The van der Waals surface area contributed by atoms with Crippen molar-refractivity contribution in [3.8, 4) is 11.5 Å². The zero-order valence-electron chi connectivity index (χ0n) is 12.5. The molecule has 0 aliphatic rings. The molecule has 0 fully saturated rings. The first kappa shape index (κ1) is 16.6. The topological polar surface area (TPSA) is 47.6 Å². The molecule has 0 radical (unpaired) electrons. The van der Waals surface area contributed by atoms with Crippen molar-refractivity contribution in [3.05, 3.63) is 52.1 Å². The normalized spacial score (nSPS) is 11.6. The van der Waals surface area contributed by atoms with E-state index >= 15 is 0 Å². The predicted octanol–water partition coefficient (Wildman–Crippen LogP) is 4.10. The molecule has 5 heteroatoms. The number of rotatable bonds is 6. The Bertz CT molecular complexity index is 628. The lowest BCUT2D eigenvalue weighted by atomic mass is 10.2. The lowest BCUT2D eigenvalue weighted by Gasteiger charge is -2.15. The van der Waals surface area contributed by atoms with Crippen molar-refractivity contribution in [2.75, 3.05) is 11.9 Å². The Kier molecular flexibility index (Phi) is 6.06. The molecule has 1 unspecified atom stereocenters. The summed E-state index contributed by atoms with van der Waals surface area (Å²) in [7, 11) is 0. The Morgan fingerprint density at radius 3 is 2.55 bits per heavy atom. The van der Waals surface area contributed by atoms with E-state index in [1.54, 1.807) is 19.1 Å². The Morgan fingerprint density at radius 1 is 1.18 bits per heavy atom. The summed E-state index contributed by atoms with van der Waals surface area (Å²) in [6, 6.07) is 14.9. The monoisotopic (exact) mass is 411 g/mol. The number of nitrogens with one attached hydrogen (secondary N) is 1. The first-order valence-corrected chi connectivity index (χ1v) is 8.12. The molecule has 1 N–H and O–H groups in total. The first-order valence-electron chi connectivity index (χ1n) is 7.04. The molecule has 2 rings (SSSR count). The van der Waals surface area contributed by atoms with Crippen molar-refractivity contribution in [1.29, 1.82) is 0 Å². The molecule has 2 aromatic rings. The molecule has 1 atom stereocenters. The molecular formula is C17H18INO3. The van der Waals surface area contributed by atoms with Gasteiger partial charge in [-0.15, -0.1) is 0 Å². The minimum absolute atomic E-state index is 0.192. The van der Waals surface area contributed by atoms with Gasteiger partial charge >= 0.3 is 0 Å². The van der Waals surface area contributed by atoms with Crippen LogP contribution in [-0.2, 0) is 4.79 Å². The summed E-state index contributed by atoms with van der Waals surface area (Å²) in [5, 5.41) is 2.82. The van der Waals surface area contributed by atoms with Crippen LogP contribution in [0.4, 0.5) is 5.69 Å².